The maximum atomic E-state index is 12.3. The molecule has 0 radical (unpaired) electrons. The predicted octanol–water partition coefficient (Wildman–Crippen LogP) is 4.91. The van der Waals surface area contributed by atoms with Crippen LogP contribution in [-0.4, -0.2) is 42.1 Å². The molecule has 9 heteroatoms. The molecule has 37 heavy (non-hydrogen) atoms. The van der Waals surface area contributed by atoms with Crippen LogP contribution in [0.4, 0.5) is 5.69 Å². The summed E-state index contributed by atoms with van der Waals surface area (Å²) in [6.07, 6.45) is -1.39. The first kappa shape index (κ1) is 27.3. The normalized spacial score (nSPS) is 11.2. The average Bonchev–Trinajstić information content (AvgIpc) is 2.91. The number of nitrogens with one attached hydrogen (secondary N) is 1. The molecule has 0 aliphatic heterocycles. The van der Waals surface area contributed by atoms with Gasteiger partial charge in [0, 0.05) is 28.3 Å². The monoisotopic (exact) mass is 521 g/mol. The van der Waals surface area contributed by atoms with Crippen LogP contribution < -0.4 is 5.32 Å². The molecule has 0 saturated carbocycles. The van der Waals surface area contributed by atoms with Crippen molar-refractivity contribution >= 4 is 46.7 Å². The van der Waals surface area contributed by atoms with Gasteiger partial charge in [-0.2, -0.15) is 0 Å². The van der Waals surface area contributed by atoms with Gasteiger partial charge >= 0.3 is 11.9 Å². The van der Waals surface area contributed by atoms with E-state index in [-0.39, 0.29) is 36.6 Å². The van der Waals surface area contributed by atoms with Crippen LogP contribution in [0.15, 0.2) is 78.9 Å². The van der Waals surface area contributed by atoms with E-state index < -0.39 is 23.9 Å². The lowest BCUT2D eigenvalue weighted by atomic mass is 10.1. The number of amides is 1. The zero-order valence-corrected chi connectivity index (χ0v) is 20.7. The summed E-state index contributed by atoms with van der Waals surface area (Å²) in [4.78, 5) is 60.8. The van der Waals surface area contributed by atoms with Crippen LogP contribution in [0.3, 0.4) is 0 Å². The van der Waals surface area contributed by atoms with E-state index in [9.17, 15) is 24.0 Å². The minimum Gasteiger partial charge on any atom is -0.454 e. The first-order chi connectivity index (χ1) is 17.7. The fraction of sp³-hybridized carbons (Fsp3) is 0.179. The number of rotatable bonds is 11. The molecule has 3 rings (SSSR count). The van der Waals surface area contributed by atoms with Gasteiger partial charge in [0.2, 0.25) is 11.7 Å². The van der Waals surface area contributed by atoms with E-state index in [1.165, 1.54) is 43.3 Å². The predicted molar refractivity (Wildman–Crippen MR) is 137 cm³/mol. The van der Waals surface area contributed by atoms with Crippen molar-refractivity contribution in [3.05, 3.63) is 101 Å². The number of benzene rings is 3. The third-order valence-electron chi connectivity index (χ3n) is 5.20. The summed E-state index contributed by atoms with van der Waals surface area (Å²) < 4.78 is 10.2. The highest BCUT2D eigenvalue weighted by atomic mass is 35.5. The molecule has 1 N–H and O–H groups in total. The number of ether oxygens (including phenoxy) is 2. The first-order valence-electron chi connectivity index (χ1n) is 11.4. The molecule has 0 aromatic heterocycles. The van der Waals surface area contributed by atoms with Crippen LogP contribution >= 0.6 is 11.6 Å². The minimum atomic E-state index is -1.01. The van der Waals surface area contributed by atoms with Gasteiger partial charge < -0.3 is 14.8 Å². The molecule has 0 saturated heterocycles. The van der Waals surface area contributed by atoms with E-state index in [0.29, 0.717) is 21.8 Å². The zero-order valence-electron chi connectivity index (χ0n) is 19.9. The maximum absolute atomic E-state index is 12.3. The number of anilines is 1. The van der Waals surface area contributed by atoms with Crippen molar-refractivity contribution in [3.8, 4) is 0 Å². The van der Waals surface area contributed by atoms with Gasteiger partial charge in [-0.1, -0.05) is 41.9 Å². The van der Waals surface area contributed by atoms with Crippen LogP contribution in [0, 0.1) is 0 Å². The van der Waals surface area contributed by atoms with Gasteiger partial charge in [0.05, 0.1) is 12.0 Å². The number of carbonyl (C=O) groups is 5. The first-order valence-corrected chi connectivity index (χ1v) is 11.8. The van der Waals surface area contributed by atoms with Crippen molar-refractivity contribution in [1.82, 2.24) is 0 Å². The number of ketones is 2. The fourth-order valence-electron chi connectivity index (χ4n) is 3.21. The number of halogens is 1. The van der Waals surface area contributed by atoms with Gasteiger partial charge in [-0.3, -0.25) is 19.2 Å². The number of hydrogen-bond donors (Lipinski definition) is 1. The third kappa shape index (κ3) is 8.40. The smallest absolute Gasteiger partial charge is 0.338 e. The third-order valence-corrected chi connectivity index (χ3v) is 5.45. The second-order valence-electron chi connectivity index (χ2n) is 7.99. The van der Waals surface area contributed by atoms with Crippen LogP contribution in [0.25, 0.3) is 0 Å². The Labute approximate surface area is 218 Å². The number of hydrogen-bond acceptors (Lipinski definition) is 7. The molecule has 0 spiro atoms. The van der Waals surface area contributed by atoms with E-state index in [1.54, 1.807) is 42.5 Å². The summed E-state index contributed by atoms with van der Waals surface area (Å²) in [6, 6.07) is 20.6. The molecule has 3 aromatic carbocycles. The van der Waals surface area contributed by atoms with Crippen molar-refractivity contribution in [2.24, 2.45) is 0 Å². The quantitative estimate of drug-likeness (QED) is 0.281. The summed E-state index contributed by atoms with van der Waals surface area (Å²) in [6.45, 7) is 1.07. The van der Waals surface area contributed by atoms with E-state index >= 15 is 0 Å². The van der Waals surface area contributed by atoms with Gasteiger partial charge in [0.25, 0.3) is 0 Å². The SMILES string of the molecule is C[C@@H](OC(=O)CCC(=O)Nc1ccc(C(=O)OCC(=O)c2ccccc2)cc1)C(=O)c1ccc(Cl)cc1. The van der Waals surface area contributed by atoms with Crippen LogP contribution in [-0.2, 0) is 19.1 Å². The Morgan fingerprint density at radius 1 is 0.784 bits per heavy atom. The second kappa shape index (κ2) is 13.1. The van der Waals surface area contributed by atoms with Crippen molar-refractivity contribution in [2.45, 2.75) is 25.9 Å². The Morgan fingerprint density at radius 2 is 1.41 bits per heavy atom. The number of carbonyl (C=O) groups excluding carboxylic acids is 5. The maximum Gasteiger partial charge on any atom is 0.338 e. The Bertz CT molecular complexity index is 1270. The van der Waals surface area contributed by atoms with Gasteiger partial charge in [-0.05, 0) is 55.5 Å². The highest BCUT2D eigenvalue weighted by molar-refractivity contribution is 6.30. The Balaban J connectivity index is 1.40. The van der Waals surface area contributed by atoms with Crippen molar-refractivity contribution in [2.75, 3.05) is 11.9 Å². The number of esters is 2. The molecule has 3 aromatic rings. The molecular formula is C28H24ClNO7. The summed E-state index contributed by atoms with van der Waals surface area (Å²) in [7, 11) is 0. The second-order valence-corrected chi connectivity index (χ2v) is 8.43. The largest absolute Gasteiger partial charge is 0.454 e. The minimum absolute atomic E-state index is 0.161. The Hall–Kier alpha value is -4.30. The van der Waals surface area contributed by atoms with E-state index in [2.05, 4.69) is 5.32 Å². The molecule has 0 bridgehead atoms. The molecule has 8 nitrogen and oxygen atoms in total. The standard InChI is InChI=1S/C28H24ClNO7/c1-18(27(34)20-7-11-22(29)12-8-20)37-26(33)16-15-25(32)30-23-13-9-21(10-14-23)28(35)36-17-24(31)19-5-3-2-4-6-19/h2-14,18H,15-17H2,1H3,(H,30,32)/t18-/m1/s1. The highest BCUT2D eigenvalue weighted by Gasteiger charge is 2.20. The van der Waals surface area contributed by atoms with Crippen molar-refractivity contribution in [3.63, 3.8) is 0 Å². The van der Waals surface area contributed by atoms with E-state index in [1.807, 2.05) is 0 Å². The van der Waals surface area contributed by atoms with Gasteiger partial charge in [0.15, 0.2) is 18.5 Å². The highest BCUT2D eigenvalue weighted by Crippen LogP contribution is 2.14. The van der Waals surface area contributed by atoms with Crippen molar-refractivity contribution in [1.29, 1.82) is 0 Å². The average molecular weight is 522 g/mol. The fourth-order valence-corrected chi connectivity index (χ4v) is 3.33. The lowest BCUT2D eigenvalue weighted by Gasteiger charge is -2.12. The van der Waals surface area contributed by atoms with Gasteiger partial charge in [-0.25, -0.2) is 4.79 Å². The van der Waals surface area contributed by atoms with Gasteiger partial charge in [0.1, 0.15) is 0 Å². The van der Waals surface area contributed by atoms with E-state index in [0.717, 1.165) is 0 Å². The van der Waals surface area contributed by atoms with Crippen LogP contribution in [0.1, 0.15) is 50.8 Å². The molecular weight excluding hydrogens is 498 g/mol. The molecule has 0 unspecified atom stereocenters. The topological polar surface area (TPSA) is 116 Å². The van der Waals surface area contributed by atoms with Crippen LogP contribution in [0.5, 0.6) is 0 Å². The zero-order chi connectivity index (χ0) is 26.8. The number of Topliss-reactive ketones (excluding diaryl/α,β-unsaturated/α-hetero) is 2. The lowest BCUT2D eigenvalue weighted by Crippen LogP contribution is -2.25. The molecule has 1 amide bonds. The molecule has 0 fully saturated rings. The molecule has 0 heterocycles. The summed E-state index contributed by atoms with van der Waals surface area (Å²) in [5.41, 5.74) is 1.42. The molecule has 0 aliphatic rings. The van der Waals surface area contributed by atoms with E-state index in [4.69, 9.17) is 21.1 Å². The molecule has 0 aliphatic carbocycles. The van der Waals surface area contributed by atoms with Gasteiger partial charge in [-0.15, -0.1) is 0 Å². The molecule has 1 atom stereocenters. The Kier molecular flexibility index (Phi) is 9.69. The summed E-state index contributed by atoms with van der Waals surface area (Å²) in [5.74, 6) is -2.50. The Morgan fingerprint density at radius 3 is 2.05 bits per heavy atom. The summed E-state index contributed by atoms with van der Waals surface area (Å²) >= 11 is 5.81. The molecule has 190 valence electrons. The van der Waals surface area contributed by atoms with Crippen molar-refractivity contribution < 1.29 is 33.4 Å². The summed E-state index contributed by atoms with van der Waals surface area (Å²) in [5, 5.41) is 3.09. The lowest BCUT2D eigenvalue weighted by molar-refractivity contribution is -0.147. The van der Waals surface area contributed by atoms with Crippen LogP contribution in [0.2, 0.25) is 5.02 Å².